The zero-order valence-corrected chi connectivity index (χ0v) is 54.2. The summed E-state index contributed by atoms with van der Waals surface area (Å²) in [5, 5.41) is -1.07. The largest absolute Gasteiger partial charge is 0.379 e. The Morgan fingerprint density at radius 3 is 0.973 bits per heavy atom. The Balaban J connectivity index is -0.00000105. The molecule has 0 aliphatic heterocycles. The standard InChI is InChI=1S/C14H30O11S4.C14H30O7S4.C12H26O7S2/c1-7-8-24-9-12(23-2)10-25-11-14(28(5,19)20,29(6,21)22)13(26(3,15)16)27(4,17)18;1-7-8-20-9-12(19-2)10-21-11-14(24(5)17,25(6)18)13(22(3)15)23(4)16;1-5-6-18-7-11(17-2)8-19-9-12(21(4,15)16)10-20(3,13)14/h12-13H,7-11H2,1-6H3;12-13H,7-11H2,1-6H3;11-12H,5-10H2,1-4H3. The molecule has 8 unspecified atom stereocenters. The van der Waals surface area contributed by atoms with Crippen LogP contribution in [-0.4, -0.2) is 277 Å². The second kappa shape index (κ2) is 37.1. The minimum absolute atomic E-state index is 0.0523. The van der Waals surface area contributed by atoms with Gasteiger partial charge in [0.25, 0.3) is 0 Å². The molecule has 0 aliphatic carbocycles. The Labute approximate surface area is 458 Å². The van der Waals surface area contributed by atoms with E-state index in [4.69, 9.17) is 42.6 Å². The summed E-state index contributed by atoms with van der Waals surface area (Å²) in [5.74, 6) is -0.449. The number of sulfone groups is 6. The van der Waals surface area contributed by atoms with E-state index >= 15 is 0 Å². The average Bonchev–Trinajstić information content (AvgIpc) is 3.23. The number of methoxy groups -OCH3 is 3. The van der Waals surface area contributed by atoms with Crippen molar-refractivity contribution < 1.29 is 110 Å². The Hall–Kier alpha value is -0.0600. The van der Waals surface area contributed by atoms with Gasteiger partial charge in [0.05, 0.1) is 70.5 Å². The van der Waals surface area contributed by atoms with Crippen molar-refractivity contribution in [1.82, 2.24) is 0 Å². The maximum atomic E-state index is 12.5. The number of rotatable bonds is 40. The van der Waals surface area contributed by atoms with Gasteiger partial charge >= 0.3 is 0 Å². The molecule has 75 heavy (non-hydrogen) atoms. The summed E-state index contributed by atoms with van der Waals surface area (Å²) in [7, 11) is -28.1. The van der Waals surface area contributed by atoms with Gasteiger partial charge in [0, 0.05) is 147 Å². The van der Waals surface area contributed by atoms with Crippen molar-refractivity contribution in [2.24, 2.45) is 0 Å². The van der Waals surface area contributed by atoms with Crippen LogP contribution in [0.3, 0.4) is 0 Å². The molecule has 0 N–H and O–H groups in total. The van der Waals surface area contributed by atoms with Gasteiger partial charge in [-0.15, -0.1) is 0 Å². The number of hydrogen-bond donors (Lipinski definition) is 0. The summed E-state index contributed by atoms with van der Waals surface area (Å²) in [4.78, 5) is 0. The molecule has 8 atom stereocenters. The smallest absolute Gasteiger partial charge is 0.226 e. The molecular formula is C40H86O25S10. The minimum Gasteiger partial charge on any atom is -0.379 e. The van der Waals surface area contributed by atoms with E-state index in [0.717, 1.165) is 31.8 Å². The summed E-state index contributed by atoms with van der Waals surface area (Å²) >= 11 is 0. The molecule has 0 fully saturated rings. The predicted octanol–water partition coefficient (Wildman–Crippen LogP) is -1.47. The van der Waals surface area contributed by atoms with Gasteiger partial charge in [0.2, 0.25) is 4.08 Å². The average molecular weight is 1290 g/mol. The lowest BCUT2D eigenvalue weighted by Gasteiger charge is -2.35. The van der Waals surface area contributed by atoms with Crippen LogP contribution in [0.25, 0.3) is 0 Å². The van der Waals surface area contributed by atoms with Crippen molar-refractivity contribution >= 4 is 102 Å². The van der Waals surface area contributed by atoms with Gasteiger partial charge < -0.3 is 42.6 Å². The quantitative estimate of drug-likeness (QED) is 0.0632. The van der Waals surface area contributed by atoms with Gasteiger partial charge in [-0.2, -0.15) is 0 Å². The second-order valence-corrected chi connectivity index (χ2v) is 37.9. The lowest BCUT2D eigenvalue weighted by Crippen LogP contribution is -2.62. The minimum atomic E-state index is -4.82. The first-order valence-corrected chi connectivity index (χ1v) is 40.7. The van der Waals surface area contributed by atoms with Crippen molar-refractivity contribution in [3.8, 4) is 0 Å². The van der Waals surface area contributed by atoms with Crippen molar-refractivity contribution in [2.75, 3.05) is 169 Å². The molecule has 0 amide bonds. The molecule has 0 spiro atoms. The van der Waals surface area contributed by atoms with E-state index in [2.05, 4.69) is 0 Å². The Morgan fingerprint density at radius 2 is 0.733 bits per heavy atom. The van der Waals surface area contributed by atoms with Crippen LogP contribution in [0.5, 0.6) is 0 Å². The molecule has 0 bridgehead atoms. The fourth-order valence-corrected chi connectivity index (χ4v) is 29.3. The highest BCUT2D eigenvalue weighted by atomic mass is 32.3. The maximum absolute atomic E-state index is 12.5. The van der Waals surface area contributed by atoms with E-state index in [1.54, 1.807) is 0 Å². The van der Waals surface area contributed by atoms with Crippen LogP contribution < -0.4 is 0 Å². The van der Waals surface area contributed by atoms with Crippen LogP contribution >= 0.6 is 0 Å². The van der Waals surface area contributed by atoms with Crippen molar-refractivity contribution in [3.63, 3.8) is 0 Å². The topological polar surface area (TPSA) is 356 Å². The summed E-state index contributed by atoms with van der Waals surface area (Å²) in [6.07, 6.45) is 10.5. The summed E-state index contributed by atoms with van der Waals surface area (Å²) in [6.45, 7) is 6.56. The summed E-state index contributed by atoms with van der Waals surface area (Å²) in [5.41, 5.74) is 0. The Morgan fingerprint density at radius 1 is 0.427 bits per heavy atom. The number of hydrogen-bond acceptors (Lipinski definition) is 25. The molecule has 0 saturated carbocycles. The van der Waals surface area contributed by atoms with Crippen LogP contribution in [0.1, 0.15) is 40.0 Å². The van der Waals surface area contributed by atoms with E-state index < -0.39 is 143 Å². The first kappa shape index (κ1) is 79.2. The van der Waals surface area contributed by atoms with Crippen LogP contribution in [0.15, 0.2) is 0 Å². The van der Waals surface area contributed by atoms with E-state index in [0.29, 0.717) is 58.1 Å². The monoisotopic (exact) mass is 1290 g/mol. The lowest BCUT2D eigenvalue weighted by atomic mass is 10.4. The van der Waals surface area contributed by atoms with Crippen LogP contribution in [-0.2, 0) is 145 Å². The third-order valence-corrected chi connectivity index (χ3v) is 31.3. The van der Waals surface area contributed by atoms with Gasteiger partial charge in [-0.3, -0.25) is 16.8 Å². The normalized spacial score (nSPS) is 17.7. The van der Waals surface area contributed by atoms with E-state index in [1.165, 1.54) is 46.4 Å². The molecule has 0 aromatic heterocycles. The molecule has 35 heteroatoms. The summed E-state index contributed by atoms with van der Waals surface area (Å²) in [6, 6.07) is 0. The highest BCUT2D eigenvalue weighted by Gasteiger charge is 2.64. The van der Waals surface area contributed by atoms with Gasteiger partial charge in [0.1, 0.15) is 32.7 Å². The molecule has 0 heterocycles. The molecule has 0 aromatic rings. The highest BCUT2D eigenvalue weighted by molar-refractivity contribution is 8.16. The van der Waals surface area contributed by atoms with Gasteiger partial charge in [-0.05, 0) is 19.3 Å². The molecule has 25 nitrogen and oxygen atoms in total. The summed E-state index contributed by atoms with van der Waals surface area (Å²) < 4.78 is 233. The molecular weight excluding hydrogens is 1200 g/mol. The van der Waals surface area contributed by atoms with Gasteiger partial charge in [0.15, 0.2) is 57.8 Å². The molecule has 0 rings (SSSR count). The van der Waals surface area contributed by atoms with Gasteiger partial charge in [-0.1, -0.05) is 20.8 Å². The maximum Gasteiger partial charge on any atom is 0.226 e. The lowest BCUT2D eigenvalue weighted by molar-refractivity contribution is -0.0414. The van der Waals surface area contributed by atoms with E-state index in [9.17, 15) is 67.3 Å². The van der Waals surface area contributed by atoms with Gasteiger partial charge in [-0.25, -0.2) is 50.5 Å². The zero-order valence-electron chi connectivity index (χ0n) is 46.1. The Kier molecular flexibility index (Phi) is 39.2. The van der Waals surface area contributed by atoms with E-state index in [1.807, 2.05) is 20.8 Å². The molecule has 0 aromatic carbocycles. The SMILES string of the molecule is CCCOCC(COCC(C(S(C)(=O)=O)S(C)(=O)=O)(S(C)(=O)=O)S(C)(=O)=O)OC.CCCOCC(COCC(C(S(C)=O)S(C)=O)(S(C)=O)S(C)=O)OC.CCCOCC(COCC(CS(C)(=O)=O)S(C)(=O)=O)OC. The van der Waals surface area contributed by atoms with Crippen molar-refractivity contribution in [1.29, 1.82) is 0 Å². The fraction of sp³-hybridized carbons (Fsp3) is 1.00. The third kappa shape index (κ3) is 29.5. The molecule has 0 saturated heterocycles. The fourth-order valence-electron chi connectivity index (χ4n) is 6.50. The van der Waals surface area contributed by atoms with Crippen LogP contribution in [0.4, 0.5) is 0 Å². The molecule has 0 radical (unpaired) electrons. The Bertz CT molecular complexity index is 2340. The first-order valence-electron chi connectivity index (χ1n) is 22.6. The highest BCUT2D eigenvalue weighted by Crippen LogP contribution is 2.36. The first-order chi connectivity index (χ1) is 34.1. The third-order valence-electron chi connectivity index (χ3n) is 10.2. The van der Waals surface area contributed by atoms with Crippen LogP contribution in [0.2, 0.25) is 0 Å². The van der Waals surface area contributed by atoms with E-state index in [-0.39, 0.29) is 51.8 Å². The predicted molar refractivity (Wildman–Crippen MR) is 295 cm³/mol. The van der Waals surface area contributed by atoms with Crippen LogP contribution in [0, 0.1) is 0 Å². The van der Waals surface area contributed by atoms with Crippen molar-refractivity contribution in [3.05, 3.63) is 0 Å². The second-order valence-electron chi connectivity index (χ2n) is 17.3. The molecule has 0 aliphatic rings. The van der Waals surface area contributed by atoms with Crippen molar-refractivity contribution in [2.45, 2.75) is 80.9 Å². The number of ether oxygens (including phenoxy) is 9. The molecule has 456 valence electrons. The zero-order chi connectivity index (χ0) is 59.5.